The van der Waals surface area contributed by atoms with Gasteiger partial charge in [0.1, 0.15) is 11.6 Å². The van der Waals surface area contributed by atoms with E-state index in [4.69, 9.17) is 9.84 Å². The molecule has 4 aliphatic heterocycles. The maximum atomic E-state index is 13.9. The van der Waals surface area contributed by atoms with Crippen LogP contribution in [0, 0.1) is 11.8 Å². The first-order valence-corrected chi connectivity index (χ1v) is 12.4. The first-order valence-electron chi connectivity index (χ1n) is 12.4. The lowest BCUT2D eigenvalue weighted by atomic mass is 9.77. The van der Waals surface area contributed by atoms with Crippen LogP contribution in [-0.2, 0) is 19.1 Å². The van der Waals surface area contributed by atoms with Crippen molar-refractivity contribution in [2.24, 2.45) is 11.8 Å². The van der Waals surface area contributed by atoms with Gasteiger partial charge < -0.3 is 24.5 Å². The fourth-order valence-corrected chi connectivity index (χ4v) is 5.85. The molecule has 5 atom stereocenters. The lowest BCUT2D eigenvalue weighted by Gasteiger charge is -2.35. The fraction of sp³-hybridized carbons (Fsp3) is 0.720. The molecule has 4 aliphatic rings. The van der Waals surface area contributed by atoms with Gasteiger partial charge in [0.05, 0.1) is 17.9 Å². The third kappa shape index (κ3) is 4.12. The van der Waals surface area contributed by atoms with Gasteiger partial charge in [-0.3, -0.25) is 14.4 Å². The molecule has 0 aromatic carbocycles. The van der Waals surface area contributed by atoms with E-state index in [1.807, 2.05) is 29.2 Å². The van der Waals surface area contributed by atoms with E-state index in [2.05, 4.69) is 6.92 Å². The maximum absolute atomic E-state index is 13.9. The molecule has 33 heavy (non-hydrogen) atoms. The molecular weight excluding hydrogens is 422 g/mol. The van der Waals surface area contributed by atoms with Crippen LogP contribution in [0.4, 0.5) is 0 Å². The van der Waals surface area contributed by atoms with E-state index in [-0.39, 0.29) is 24.3 Å². The van der Waals surface area contributed by atoms with E-state index in [0.717, 1.165) is 38.5 Å². The van der Waals surface area contributed by atoms with Gasteiger partial charge in [-0.05, 0) is 19.3 Å². The summed E-state index contributed by atoms with van der Waals surface area (Å²) in [5, 5.41) is 9.05. The quantitative estimate of drug-likeness (QED) is 0.415. The Hall–Kier alpha value is -2.19. The molecule has 4 rings (SSSR count). The lowest BCUT2D eigenvalue weighted by molar-refractivity contribution is -0.148. The van der Waals surface area contributed by atoms with Crippen molar-refractivity contribution in [3.8, 4) is 0 Å². The van der Waals surface area contributed by atoms with E-state index in [1.54, 1.807) is 16.8 Å². The Morgan fingerprint density at radius 3 is 2.55 bits per heavy atom. The summed E-state index contributed by atoms with van der Waals surface area (Å²) in [6.45, 7) is 4.33. The second-order valence-electron chi connectivity index (χ2n) is 9.70. The Morgan fingerprint density at radius 2 is 1.79 bits per heavy atom. The van der Waals surface area contributed by atoms with Crippen molar-refractivity contribution in [1.82, 2.24) is 14.7 Å². The highest BCUT2D eigenvalue weighted by molar-refractivity contribution is 5.99. The van der Waals surface area contributed by atoms with Crippen LogP contribution in [0.2, 0.25) is 0 Å². The standard InChI is InChI=1S/C25H37N3O5/c1-3-4-14-27-15-10-12-25-20(19-18(33-25)11-9-13-26(2)22(19)30)23(31)28(21(25)24(27)32)16-7-5-6-8-17-29/h9-12,18-21,29H,3-8,13-17H2,1-2H3/t18-,19+,20-,21?,25-/m0/s1. The van der Waals surface area contributed by atoms with Crippen molar-refractivity contribution in [3.63, 3.8) is 0 Å². The molecule has 4 heterocycles. The van der Waals surface area contributed by atoms with Crippen LogP contribution in [0.15, 0.2) is 24.3 Å². The van der Waals surface area contributed by atoms with Gasteiger partial charge >= 0.3 is 0 Å². The number of nitrogens with zero attached hydrogens (tertiary/aromatic N) is 3. The first-order chi connectivity index (χ1) is 16.0. The normalized spacial score (nSPS) is 33.3. The minimum atomic E-state index is -1.12. The molecule has 0 saturated carbocycles. The zero-order valence-electron chi connectivity index (χ0n) is 19.8. The van der Waals surface area contributed by atoms with Crippen molar-refractivity contribution in [2.75, 3.05) is 39.8 Å². The molecule has 8 heteroatoms. The SMILES string of the molecule is CCCCN1CC=C[C@]23O[C@H]4C=CCN(C)C(=O)[C@H]4[C@H]2C(=O)N(CCCCCCO)C3C1=O. The monoisotopic (exact) mass is 459 g/mol. The number of fused-ring (bicyclic) bond motifs is 2. The van der Waals surface area contributed by atoms with E-state index in [9.17, 15) is 14.4 Å². The highest BCUT2D eigenvalue weighted by atomic mass is 16.5. The molecule has 3 amide bonds. The number of carbonyl (C=O) groups excluding carboxylic acids is 3. The average molecular weight is 460 g/mol. The van der Waals surface area contributed by atoms with E-state index < -0.39 is 29.6 Å². The molecule has 1 N–H and O–H groups in total. The second-order valence-corrected chi connectivity index (χ2v) is 9.70. The van der Waals surface area contributed by atoms with Crippen molar-refractivity contribution >= 4 is 17.7 Å². The Morgan fingerprint density at radius 1 is 1.00 bits per heavy atom. The molecule has 1 spiro atoms. The summed E-state index contributed by atoms with van der Waals surface area (Å²) >= 11 is 0. The van der Waals surface area contributed by atoms with Gasteiger partial charge in [-0.25, -0.2) is 0 Å². The highest BCUT2D eigenvalue weighted by Gasteiger charge is 2.71. The number of rotatable bonds is 9. The number of likely N-dealkylation sites (tertiary alicyclic amines) is 1. The number of ether oxygens (including phenoxy) is 1. The molecule has 0 bridgehead atoms. The van der Waals surface area contributed by atoms with E-state index >= 15 is 0 Å². The summed E-state index contributed by atoms with van der Waals surface area (Å²) in [7, 11) is 1.75. The largest absolute Gasteiger partial charge is 0.396 e. The van der Waals surface area contributed by atoms with E-state index in [0.29, 0.717) is 26.2 Å². The number of unbranched alkanes of at least 4 members (excludes halogenated alkanes) is 4. The molecular formula is C25H37N3O5. The summed E-state index contributed by atoms with van der Waals surface area (Å²) in [5.74, 6) is -1.66. The number of aliphatic hydroxyl groups excluding tert-OH is 1. The van der Waals surface area contributed by atoms with Crippen molar-refractivity contribution in [3.05, 3.63) is 24.3 Å². The van der Waals surface area contributed by atoms with Crippen LogP contribution in [0.3, 0.4) is 0 Å². The molecule has 2 fully saturated rings. The topological polar surface area (TPSA) is 90.4 Å². The summed E-state index contributed by atoms with van der Waals surface area (Å²) < 4.78 is 6.56. The summed E-state index contributed by atoms with van der Waals surface area (Å²) in [6, 6.07) is -0.748. The molecule has 8 nitrogen and oxygen atoms in total. The Labute approximate surface area is 196 Å². The Kier molecular flexibility index (Phi) is 7.24. The Bertz CT molecular complexity index is 827. The molecule has 0 aromatic rings. The third-order valence-electron chi connectivity index (χ3n) is 7.53. The van der Waals surface area contributed by atoms with Gasteiger partial charge in [0.25, 0.3) is 0 Å². The predicted molar refractivity (Wildman–Crippen MR) is 123 cm³/mol. The van der Waals surface area contributed by atoms with Crippen LogP contribution >= 0.6 is 0 Å². The molecule has 2 saturated heterocycles. The number of amides is 3. The molecule has 1 unspecified atom stereocenters. The number of likely N-dealkylation sites (N-methyl/N-ethyl adjacent to an activating group) is 1. The van der Waals surface area contributed by atoms with Crippen molar-refractivity contribution < 1.29 is 24.2 Å². The lowest BCUT2D eigenvalue weighted by Crippen LogP contribution is -2.55. The smallest absolute Gasteiger partial charge is 0.249 e. The first kappa shape index (κ1) is 24.0. The predicted octanol–water partition coefficient (Wildman–Crippen LogP) is 1.35. The van der Waals surface area contributed by atoms with Crippen molar-refractivity contribution in [1.29, 1.82) is 0 Å². The molecule has 0 aliphatic carbocycles. The van der Waals surface area contributed by atoms with Crippen LogP contribution < -0.4 is 0 Å². The van der Waals surface area contributed by atoms with Gasteiger partial charge in [0, 0.05) is 39.8 Å². The van der Waals surface area contributed by atoms with Gasteiger partial charge in [0.2, 0.25) is 17.7 Å². The highest BCUT2D eigenvalue weighted by Crippen LogP contribution is 2.53. The molecule has 182 valence electrons. The van der Waals surface area contributed by atoms with Gasteiger partial charge in [0.15, 0.2) is 0 Å². The van der Waals surface area contributed by atoms with E-state index in [1.165, 1.54) is 0 Å². The average Bonchev–Trinajstić information content (AvgIpc) is 3.12. The summed E-state index contributed by atoms with van der Waals surface area (Å²) in [4.78, 5) is 46.2. The number of hydrogen-bond acceptors (Lipinski definition) is 5. The second kappa shape index (κ2) is 9.97. The van der Waals surface area contributed by atoms with Gasteiger partial charge in [-0.15, -0.1) is 0 Å². The maximum Gasteiger partial charge on any atom is 0.249 e. The van der Waals surface area contributed by atoms with Crippen LogP contribution in [0.1, 0.15) is 45.4 Å². The fourth-order valence-electron chi connectivity index (χ4n) is 5.85. The number of carbonyl (C=O) groups is 3. The number of hydrogen-bond donors (Lipinski definition) is 1. The van der Waals surface area contributed by atoms with Crippen LogP contribution in [0.25, 0.3) is 0 Å². The third-order valence-corrected chi connectivity index (χ3v) is 7.53. The van der Waals surface area contributed by atoms with Crippen LogP contribution in [0.5, 0.6) is 0 Å². The zero-order chi connectivity index (χ0) is 23.6. The zero-order valence-corrected chi connectivity index (χ0v) is 19.8. The minimum absolute atomic E-state index is 0.0825. The molecule has 0 radical (unpaired) electrons. The van der Waals surface area contributed by atoms with Gasteiger partial charge in [-0.2, -0.15) is 0 Å². The van der Waals surface area contributed by atoms with Crippen molar-refractivity contribution in [2.45, 2.75) is 63.2 Å². The van der Waals surface area contributed by atoms with Crippen LogP contribution in [-0.4, -0.2) is 95.1 Å². The minimum Gasteiger partial charge on any atom is -0.396 e. The summed E-state index contributed by atoms with van der Waals surface area (Å²) in [5.41, 5.74) is -1.12. The summed E-state index contributed by atoms with van der Waals surface area (Å²) in [6.07, 6.45) is 12.3. The number of aliphatic hydroxyl groups is 1. The van der Waals surface area contributed by atoms with Gasteiger partial charge in [-0.1, -0.05) is 50.5 Å². The molecule has 0 aromatic heterocycles. The Balaban J connectivity index is 1.68.